The fourth-order valence-electron chi connectivity index (χ4n) is 2.07. The van der Waals surface area contributed by atoms with Crippen molar-refractivity contribution in [2.45, 2.75) is 19.1 Å². The highest BCUT2D eigenvalue weighted by atomic mass is 79.9. The summed E-state index contributed by atoms with van der Waals surface area (Å²) < 4.78 is 40.0. The van der Waals surface area contributed by atoms with Gasteiger partial charge in [-0.15, -0.1) is 0 Å². The lowest BCUT2D eigenvalue weighted by atomic mass is 10.1. The molecule has 0 spiro atoms. The Morgan fingerprint density at radius 2 is 1.84 bits per heavy atom. The standard InChI is InChI=1S/C16H11Br2F3N2O2/c1-8(14(24)13-12(18)6-9(17)7-22-13)23-15(25)10-4-2-3-5-11(10)16(19,20)21/h2-8H,1H3,(H,23,25). The third-order valence-corrected chi connectivity index (χ3v) is 4.30. The number of hydrogen-bond acceptors (Lipinski definition) is 3. The molecule has 0 saturated heterocycles. The Morgan fingerprint density at radius 1 is 1.20 bits per heavy atom. The minimum absolute atomic E-state index is 0.0695. The van der Waals surface area contributed by atoms with Gasteiger partial charge < -0.3 is 5.32 Å². The number of rotatable bonds is 4. The predicted octanol–water partition coefficient (Wildman–Crippen LogP) is 4.63. The maximum absolute atomic E-state index is 13.0. The number of alkyl halides is 3. The molecule has 1 atom stereocenters. The zero-order valence-electron chi connectivity index (χ0n) is 12.7. The Hall–Kier alpha value is -1.74. The van der Waals surface area contributed by atoms with E-state index in [0.29, 0.717) is 8.95 Å². The Bertz CT molecular complexity index is 825. The van der Waals surface area contributed by atoms with Crippen LogP contribution in [0.4, 0.5) is 13.2 Å². The molecular formula is C16H11Br2F3N2O2. The number of aromatic nitrogens is 1. The zero-order chi connectivity index (χ0) is 18.8. The molecule has 2 rings (SSSR count). The first kappa shape index (κ1) is 19.6. The van der Waals surface area contributed by atoms with Gasteiger partial charge in [-0.05, 0) is 57.0 Å². The summed E-state index contributed by atoms with van der Waals surface area (Å²) in [6.07, 6.45) is -3.26. The van der Waals surface area contributed by atoms with Crippen molar-refractivity contribution in [3.8, 4) is 0 Å². The van der Waals surface area contributed by atoms with E-state index in [9.17, 15) is 22.8 Å². The summed E-state index contributed by atoms with van der Waals surface area (Å²) in [5.74, 6) is -1.51. The topological polar surface area (TPSA) is 59.1 Å². The van der Waals surface area contributed by atoms with Crippen LogP contribution in [-0.4, -0.2) is 22.7 Å². The molecule has 1 amide bonds. The monoisotopic (exact) mass is 478 g/mol. The average Bonchev–Trinajstić information content (AvgIpc) is 2.53. The molecule has 0 radical (unpaired) electrons. The van der Waals surface area contributed by atoms with Gasteiger partial charge in [-0.25, -0.2) is 0 Å². The van der Waals surface area contributed by atoms with E-state index in [1.165, 1.54) is 25.3 Å². The molecule has 0 aliphatic heterocycles. The first-order chi connectivity index (χ1) is 11.6. The molecule has 1 unspecified atom stereocenters. The lowest BCUT2D eigenvalue weighted by Crippen LogP contribution is -2.39. The lowest BCUT2D eigenvalue weighted by molar-refractivity contribution is -0.137. The summed E-state index contributed by atoms with van der Waals surface area (Å²) in [5, 5.41) is 2.29. The van der Waals surface area contributed by atoms with Gasteiger partial charge in [-0.3, -0.25) is 14.6 Å². The van der Waals surface area contributed by atoms with Gasteiger partial charge in [0.05, 0.1) is 17.2 Å². The molecule has 4 nitrogen and oxygen atoms in total. The largest absolute Gasteiger partial charge is 0.417 e. The van der Waals surface area contributed by atoms with Gasteiger partial charge in [0.1, 0.15) is 5.69 Å². The number of halogens is 5. The molecule has 2 aromatic rings. The van der Waals surface area contributed by atoms with Gasteiger partial charge in [0.2, 0.25) is 5.78 Å². The van der Waals surface area contributed by atoms with Crippen molar-refractivity contribution < 1.29 is 22.8 Å². The van der Waals surface area contributed by atoms with Crippen molar-refractivity contribution >= 4 is 43.6 Å². The van der Waals surface area contributed by atoms with E-state index in [4.69, 9.17) is 0 Å². The second-order valence-electron chi connectivity index (χ2n) is 5.09. The third-order valence-electron chi connectivity index (χ3n) is 3.26. The first-order valence-electron chi connectivity index (χ1n) is 6.93. The van der Waals surface area contributed by atoms with Gasteiger partial charge in [0.25, 0.3) is 5.91 Å². The Morgan fingerprint density at radius 3 is 2.44 bits per heavy atom. The van der Waals surface area contributed by atoms with Crippen LogP contribution < -0.4 is 5.32 Å². The third kappa shape index (κ3) is 4.66. The van der Waals surface area contributed by atoms with Crippen LogP contribution in [-0.2, 0) is 6.18 Å². The number of pyridine rings is 1. The predicted molar refractivity (Wildman–Crippen MR) is 92.3 cm³/mol. The molecule has 1 aromatic carbocycles. The first-order valence-corrected chi connectivity index (χ1v) is 8.52. The van der Waals surface area contributed by atoms with Crippen LogP contribution in [0.1, 0.15) is 33.3 Å². The van der Waals surface area contributed by atoms with Crippen LogP contribution in [0.5, 0.6) is 0 Å². The van der Waals surface area contributed by atoms with E-state index < -0.39 is 35.0 Å². The smallest absolute Gasteiger partial charge is 0.342 e. The molecule has 0 aliphatic carbocycles. The molecule has 9 heteroatoms. The Balaban J connectivity index is 2.22. The number of carbonyl (C=O) groups is 2. The number of hydrogen-bond donors (Lipinski definition) is 1. The number of ketones is 1. The summed E-state index contributed by atoms with van der Waals surface area (Å²) in [6, 6.07) is 4.94. The fourth-order valence-corrected chi connectivity index (χ4v) is 3.25. The molecule has 1 heterocycles. The second-order valence-corrected chi connectivity index (χ2v) is 6.86. The van der Waals surface area contributed by atoms with Crippen LogP contribution in [0.2, 0.25) is 0 Å². The van der Waals surface area contributed by atoms with Crippen molar-refractivity contribution in [1.82, 2.24) is 10.3 Å². The molecule has 132 valence electrons. The normalized spacial score (nSPS) is 12.6. The zero-order valence-corrected chi connectivity index (χ0v) is 15.9. The maximum atomic E-state index is 13.0. The molecule has 25 heavy (non-hydrogen) atoms. The summed E-state index contributed by atoms with van der Waals surface area (Å²) >= 11 is 6.39. The molecule has 0 aliphatic rings. The number of nitrogens with zero attached hydrogens (tertiary/aromatic N) is 1. The maximum Gasteiger partial charge on any atom is 0.417 e. The van der Waals surface area contributed by atoms with Gasteiger partial charge in [0.15, 0.2) is 0 Å². The van der Waals surface area contributed by atoms with E-state index >= 15 is 0 Å². The summed E-state index contributed by atoms with van der Waals surface area (Å²) in [4.78, 5) is 28.5. The van der Waals surface area contributed by atoms with Gasteiger partial charge in [-0.1, -0.05) is 12.1 Å². The van der Waals surface area contributed by atoms with Crippen LogP contribution in [0.3, 0.4) is 0 Å². The average molecular weight is 480 g/mol. The highest BCUT2D eigenvalue weighted by Gasteiger charge is 2.35. The summed E-state index contributed by atoms with van der Waals surface area (Å²) in [6.45, 7) is 1.38. The van der Waals surface area contributed by atoms with E-state index in [1.807, 2.05) is 0 Å². The van der Waals surface area contributed by atoms with Gasteiger partial charge in [-0.2, -0.15) is 13.2 Å². The van der Waals surface area contributed by atoms with E-state index in [2.05, 4.69) is 42.2 Å². The highest BCUT2D eigenvalue weighted by Crippen LogP contribution is 2.31. The number of carbonyl (C=O) groups excluding carboxylic acids is 2. The van der Waals surface area contributed by atoms with Crippen molar-refractivity contribution in [2.24, 2.45) is 0 Å². The van der Waals surface area contributed by atoms with Crippen molar-refractivity contribution in [3.05, 3.63) is 62.3 Å². The fraction of sp³-hybridized carbons (Fsp3) is 0.188. The molecule has 1 N–H and O–H groups in total. The van der Waals surface area contributed by atoms with E-state index in [1.54, 1.807) is 6.07 Å². The van der Waals surface area contributed by atoms with Crippen LogP contribution >= 0.6 is 31.9 Å². The van der Waals surface area contributed by atoms with E-state index in [-0.39, 0.29) is 5.69 Å². The summed E-state index contributed by atoms with van der Waals surface area (Å²) in [7, 11) is 0. The lowest BCUT2D eigenvalue weighted by Gasteiger charge is -2.16. The Kier molecular flexibility index (Phi) is 5.99. The van der Waals surface area contributed by atoms with Crippen molar-refractivity contribution in [2.75, 3.05) is 0 Å². The molecule has 0 fully saturated rings. The van der Waals surface area contributed by atoms with Crippen molar-refractivity contribution in [3.63, 3.8) is 0 Å². The van der Waals surface area contributed by atoms with Crippen LogP contribution in [0.25, 0.3) is 0 Å². The van der Waals surface area contributed by atoms with Crippen LogP contribution in [0, 0.1) is 0 Å². The second kappa shape index (κ2) is 7.65. The molecule has 1 aromatic heterocycles. The number of benzene rings is 1. The molecular weight excluding hydrogens is 469 g/mol. The highest BCUT2D eigenvalue weighted by molar-refractivity contribution is 9.11. The van der Waals surface area contributed by atoms with Crippen molar-refractivity contribution in [1.29, 1.82) is 0 Å². The quantitative estimate of drug-likeness (QED) is 0.650. The molecule has 0 bridgehead atoms. The van der Waals surface area contributed by atoms with Crippen LogP contribution in [0.15, 0.2) is 45.5 Å². The minimum Gasteiger partial charge on any atom is -0.342 e. The van der Waals surface area contributed by atoms with Gasteiger partial charge in [0, 0.05) is 15.1 Å². The van der Waals surface area contributed by atoms with Gasteiger partial charge >= 0.3 is 6.18 Å². The number of Topliss-reactive ketones (excluding diaryl/α,β-unsaturated/α-hetero) is 1. The molecule has 0 saturated carbocycles. The summed E-state index contributed by atoms with van der Waals surface area (Å²) in [5.41, 5.74) is -1.53. The minimum atomic E-state index is -4.67. The Labute approximate surface area is 158 Å². The number of amides is 1. The SMILES string of the molecule is CC(NC(=O)c1ccccc1C(F)(F)F)C(=O)c1ncc(Br)cc1Br. The number of nitrogens with one attached hydrogen (secondary N) is 1. The van der Waals surface area contributed by atoms with E-state index in [0.717, 1.165) is 12.1 Å².